The van der Waals surface area contributed by atoms with Crippen LogP contribution < -0.4 is 5.48 Å². The van der Waals surface area contributed by atoms with Crippen LogP contribution in [0.1, 0.15) is 58.8 Å². The highest BCUT2D eigenvalue weighted by molar-refractivity contribution is 6.01. The number of carbonyl (C=O) groups is 2. The maximum atomic E-state index is 13.9. The number of fused-ring (bicyclic) bond motifs is 7. The Balaban J connectivity index is 1.30. The van der Waals surface area contributed by atoms with Crippen molar-refractivity contribution in [1.82, 2.24) is 5.48 Å². The summed E-state index contributed by atoms with van der Waals surface area (Å²) >= 11 is 0. The molecule has 34 heavy (non-hydrogen) atoms. The van der Waals surface area contributed by atoms with Gasteiger partial charge in [0.1, 0.15) is 6.61 Å². The molecule has 6 aliphatic rings. The Morgan fingerprint density at radius 3 is 2.94 bits per heavy atom. The van der Waals surface area contributed by atoms with Gasteiger partial charge < -0.3 is 14.6 Å². The lowest BCUT2D eigenvalue weighted by atomic mass is 9.46. The van der Waals surface area contributed by atoms with E-state index in [1.54, 1.807) is 12.2 Å². The molecule has 2 aliphatic heterocycles. The van der Waals surface area contributed by atoms with Gasteiger partial charge in [-0.05, 0) is 68.9 Å². The highest BCUT2D eigenvalue weighted by Gasteiger charge is 2.74. The van der Waals surface area contributed by atoms with Crippen LogP contribution in [0.2, 0.25) is 0 Å². The fraction of sp³-hybridized carbons (Fsp3) is 0.778. The van der Waals surface area contributed by atoms with E-state index in [2.05, 4.69) is 19.3 Å². The molecule has 0 spiro atoms. The van der Waals surface area contributed by atoms with Crippen LogP contribution in [-0.4, -0.2) is 54.4 Å². The number of carbonyl (C=O) groups excluding carboxylic acids is 2. The summed E-state index contributed by atoms with van der Waals surface area (Å²) in [6, 6.07) is 0. The molecule has 0 aromatic heterocycles. The van der Waals surface area contributed by atoms with Gasteiger partial charge in [-0.15, -0.1) is 0 Å². The summed E-state index contributed by atoms with van der Waals surface area (Å²) in [7, 11) is 0. The fourth-order valence-electron chi connectivity index (χ4n) is 8.88. The van der Waals surface area contributed by atoms with E-state index >= 15 is 0 Å². The van der Waals surface area contributed by atoms with Crippen LogP contribution in [0.4, 0.5) is 0 Å². The van der Waals surface area contributed by atoms with Gasteiger partial charge in [-0.25, -0.2) is 5.48 Å². The minimum Gasteiger partial charge on any atom is -0.393 e. The zero-order chi connectivity index (χ0) is 23.7. The molecule has 0 aromatic rings. The monoisotopic (exact) mass is 471 g/mol. The van der Waals surface area contributed by atoms with Crippen molar-refractivity contribution >= 4 is 11.6 Å². The summed E-state index contributed by atoms with van der Waals surface area (Å²) in [6.07, 6.45) is 10.7. The third kappa shape index (κ3) is 3.07. The molecule has 0 amide bonds. The first-order valence-corrected chi connectivity index (χ1v) is 13.1. The van der Waals surface area contributed by atoms with Gasteiger partial charge in [0.2, 0.25) is 0 Å². The van der Waals surface area contributed by atoms with E-state index in [0.29, 0.717) is 19.6 Å². The highest BCUT2D eigenvalue weighted by Crippen LogP contribution is 2.69. The van der Waals surface area contributed by atoms with Crippen molar-refractivity contribution in [3.63, 3.8) is 0 Å². The normalized spacial score (nSPS) is 49.6. The van der Waals surface area contributed by atoms with E-state index in [0.717, 1.165) is 44.1 Å². The average Bonchev–Trinajstić information content (AvgIpc) is 3.35. The van der Waals surface area contributed by atoms with Crippen LogP contribution in [0.5, 0.6) is 0 Å². The van der Waals surface area contributed by atoms with E-state index in [1.165, 1.54) is 0 Å². The number of Topliss-reactive ketones (excluding diaryl/α,β-unsaturated/α-hetero) is 1. The fourth-order valence-corrected chi connectivity index (χ4v) is 8.88. The predicted molar refractivity (Wildman–Crippen MR) is 123 cm³/mol. The number of aliphatic hydroxyl groups excluding tert-OH is 1. The van der Waals surface area contributed by atoms with E-state index in [9.17, 15) is 14.7 Å². The number of hydroxylamine groups is 1. The minimum absolute atomic E-state index is 0.0230. The summed E-state index contributed by atoms with van der Waals surface area (Å²) in [5.74, 6) is 0.661. The van der Waals surface area contributed by atoms with E-state index < -0.39 is 17.1 Å². The number of hydrogen-bond donors (Lipinski definition) is 2. The summed E-state index contributed by atoms with van der Waals surface area (Å²) in [6.45, 7) is 5.63. The number of ether oxygens (including phenoxy) is 2. The van der Waals surface area contributed by atoms with Gasteiger partial charge >= 0.3 is 0 Å². The third-order valence-corrected chi connectivity index (χ3v) is 10.4. The van der Waals surface area contributed by atoms with Crippen LogP contribution in [0.3, 0.4) is 0 Å². The van der Waals surface area contributed by atoms with Crippen molar-refractivity contribution in [2.24, 2.45) is 34.5 Å². The van der Waals surface area contributed by atoms with Crippen molar-refractivity contribution in [2.75, 3.05) is 19.8 Å². The molecule has 7 heteroatoms. The summed E-state index contributed by atoms with van der Waals surface area (Å²) < 4.78 is 11.6. The molecule has 3 saturated carbocycles. The van der Waals surface area contributed by atoms with Crippen LogP contribution in [0, 0.1) is 34.5 Å². The van der Waals surface area contributed by atoms with Crippen molar-refractivity contribution < 1.29 is 29.0 Å². The molecule has 0 aromatic carbocycles. The summed E-state index contributed by atoms with van der Waals surface area (Å²) in [5, 5.41) is 11.7. The molecule has 2 saturated heterocycles. The molecule has 9 atom stereocenters. The van der Waals surface area contributed by atoms with Gasteiger partial charge in [0, 0.05) is 35.8 Å². The van der Waals surface area contributed by atoms with E-state index in [4.69, 9.17) is 14.3 Å². The maximum absolute atomic E-state index is 13.9. The van der Waals surface area contributed by atoms with Crippen LogP contribution in [0.25, 0.3) is 0 Å². The summed E-state index contributed by atoms with van der Waals surface area (Å²) in [5.41, 5.74) is 2.40. The first-order valence-electron chi connectivity index (χ1n) is 13.1. The Labute approximate surface area is 201 Å². The standard InChI is InChI=1S/C27H37NO6/c1-25-9-8-18(29)11-16(25)6-7-19-20-12-17-14-28-34-27(17,26(20,2)13-21(30)24(19)25)22(31)15-33-23-5-3-4-10-32-23/h8-9,11,17,19-21,23-24,28,30H,3-7,10,12-15H2,1-2H3/t17-,19?,20?,21-,23?,24?,25-,26-,27-/m0/s1. The number of rotatable bonds is 4. The second-order valence-corrected chi connectivity index (χ2v) is 11.9. The molecule has 2 N–H and O–H groups in total. The molecule has 7 nitrogen and oxygen atoms in total. The Kier molecular flexibility index (Phi) is 5.47. The van der Waals surface area contributed by atoms with Gasteiger partial charge in [0.15, 0.2) is 23.5 Å². The van der Waals surface area contributed by atoms with Crippen molar-refractivity contribution in [2.45, 2.75) is 76.8 Å². The van der Waals surface area contributed by atoms with Crippen molar-refractivity contribution in [3.8, 4) is 0 Å². The first kappa shape index (κ1) is 23.0. The summed E-state index contributed by atoms with van der Waals surface area (Å²) in [4.78, 5) is 32.1. The van der Waals surface area contributed by atoms with Crippen LogP contribution in [0.15, 0.2) is 23.8 Å². The number of hydrogen-bond acceptors (Lipinski definition) is 7. The number of allylic oxidation sites excluding steroid dienone is 4. The molecular formula is C27H37NO6. The molecule has 0 radical (unpaired) electrons. The molecule has 0 bridgehead atoms. The third-order valence-electron chi connectivity index (χ3n) is 10.4. The molecule has 4 aliphatic carbocycles. The average molecular weight is 472 g/mol. The smallest absolute Gasteiger partial charge is 0.193 e. The largest absolute Gasteiger partial charge is 0.393 e. The van der Waals surface area contributed by atoms with Gasteiger partial charge in [-0.3, -0.25) is 14.4 Å². The maximum Gasteiger partial charge on any atom is 0.193 e. The Hall–Kier alpha value is -1.38. The number of aliphatic hydroxyl groups is 1. The minimum atomic E-state index is -0.992. The SMILES string of the molecule is C[C@]12C=CC(=O)C=C1CCC1C2[C@@H](O)C[C@@]2(C)C1C[C@H]1CNO[C@]12C(=O)COC1CCCCO1. The van der Waals surface area contributed by atoms with E-state index in [-0.39, 0.29) is 53.6 Å². The molecular weight excluding hydrogens is 434 g/mol. The predicted octanol–water partition coefficient (Wildman–Crippen LogP) is 2.88. The molecule has 2 heterocycles. The van der Waals surface area contributed by atoms with Crippen molar-refractivity contribution in [3.05, 3.63) is 23.8 Å². The Bertz CT molecular complexity index is 939. The van der Waals surface area contributed by atoms with Crippen molar-refractivity contribution in [1.29, 1.82) is 0 Å². The highest BCUT2D eigenvalue weighted by atomic mass is 16.7. The van der Waals surface area contributed by atoms with E-state index in [1.807, 2.05) is 6.08 Å². The molecule has 6 rings (SSSR count). The number of nitrogens with one attached hydrogen (secondary N) is 1. The topological polar surface area (TPSA) is 94.1 Å². The second-order valence-electron chi connectivity index (χ2n) is 11.9. The van der Waals surface area contributed by atoms with Gasteiger partial charge in [-0.2, -0.15) is 0 Å². The van der Waals surface area contributed by atoms with Crippen LogP contribution >= 0.6 is 0 Å². The zero-order valence-corrected chi connectivity index (χ0v) is 20.3. The van der Waals surface area contributed by atoms with Crippen LogP contribution in [-0.2, 0) is 23.9 Å². The molecule has 4 unspecified atom stereocenters. The first-order chi connectivity index (χ1) is 16.3. The van der Waals surface area contributed by atoms with Gasteiger partial charge in [-0.1, -0.05) is 25.5 Å². The Morgan fingerprint density at radius 2 is 2.15 bits per heavy atom. The molecule has 186 valence electrons. The zero-order valence-electron chi connectivity index (χ0n) is 20.3. The lowest BCUT2D eigenvalue weighted by Gasteiger charge is -2.59. The molecule has 5 fully saturated rings. The number of ketones is 2. The quantitative estimate of drug-likeness (QED) is 0.651. The van der Waals surface area contributed by atoms with Gasteiger partial charge in [0.25, 0.3) is 0 Å². The van der Waals surface area contributed by atoms with Gasteiger partial charge in [0.05, 0.1) is 6.10 Å². The second kappa shape index (κ2) is 8.07. The lowest BCUT2D eigenvalue weighted by molar-refractivity contribution is -0.209. The Morgan fingerprint density at radius 1 is 1.29 bits per heavy atom. The lowest BCUT2D eigenvalue weighted by Crippen LogP contribution is -2.63.